The summed E-state index contributed by atoms with van der Waals surface area (Å²) < 4.78 is 0. The summed E-state index contributed by atoms with van der Waals surface area (Å²) in [6.07, 6.45) is 0.166. The molecular formula is C28H32O3. The van der Waals surface area contributed by atoms with E-state index in [1.807, 2.05) is 48.5 Å². The molecule has 3 aromatic carbocycles. The van der Waals surface area contributed by atoms with Crippen LogP contribution in [0.4, 0.5) is 0 Å². The van der Waals surface area contributed by atoms with Crippen LogP contribution in [0.3, 0.4) is 0 Å². The molecule has 0 unspecified atom stereocenters. The van der Waals surface area contributed by atoms with E-state index in [4.69, 9.17) is 9.78 Å². The minimum atomic E-state index is -0.416. The van der Waals surface area contributed by atoms with E-state index in [9.17, 15) is 4.79 Å². The largest absolute Gasteiger partial charge is 0.359 e. The molecule has 0 aliphatic rings. The molecule has 0 aromatic heterocycles. The SMILES string of the molecule is CC(C)(C)c1ccc(CC(=O)OOc2ccc(-c3ccccc3)cc2)c(C(C)(C)C)c1. The van der Waals surface area contributed by atoms with E-state index >= 15 is 0 Å². The third kappa shape index (κ3) is 5.97. The van der Waals surface area contributed by atoms with Crippen molar-refractivity contribution in [2.24, 2.45) is 0 Å². The van der Waals surface area contributed by atoms with E-state index in [0.29, 0.717) is 5.75 Å². The maximum absolute atomic E-state index is 12.5. The molecule has 0 fully saturated rings. The van der Waals surface area contributed by atoms with Crippen LogP contribution in [-0.4, -0.2) is 5.97 Å². The van der Waals surface area contributed by atoms with Gasteiger partial charge in [0.25, 0.3) is 0 Å². The van der Waals surface area contributed by atoms with Crippen LogP contribution in [0.5, 0.6) is 5.75 Å². The van der Waals surface area contributed by atoms with E-state index < -0.39 is 5.97 Å². The fraction of sp³-hybridized carbons (Fsp3) is 0.321. The average molecular weight is 417 g/mol. The van der Waals surface area contributed by atoms with Crippen LogP contribution in [-0.2, 0) is 26.9 Å². The molecule has 0 saturated heterocycles. The van der Waals surface area contributed by atoms with Crippen LogP contribution in [0.1, 0.15) is 58.2 Å². The van der Waals surface area contributed by atoms with Gasteiger partial charge in [-0.2, -0.15) is 0 Å². The zero-order chi connectivity index (χ0) is 22.6. The van der Waals surface area contributed by atoms with Gasteiger partial charge in [0, 0.05) is 0 Å². The first kappa shape index (κ1) is 22.6. The minimum absolute atomic E-state index is 0.0497. The first-order chi connectivity index (χ1) is 14.5. The second kappa shape index (κ2) is 8.97. The summed E-state index contributed by atoms with van der Waals surface area (Å²) >= 11 is 0. The van der Waals surface area contributed by atoms with Crippen LogP contribution in [0, 0.1) is 0 Å². The molecular weight excluding hydrogens is 384 g/mol. The standard InChI is InChI=1S/C28H32O3/c1-27(2,3)23-15-12-22(25(19-23)28(4,5)6)18-26(29)31-30-24-16-13-21(14-17-24)20-10-8-7-9-11-20/h7-17,19H,18H2,1-6H3. The zero-order valence-corrected chi connectivity index (χ0v) is 19.4. The minimum Gasteiger partial charge on any atom is -0.287 e. The van der Waals surface area contributed by atoms with Crippen molar-refractivity contribution >= 4 is 5.97 Å². The van der Waals surface area contributed by atoms with Gasteiger partial charge in [-0.1, -0.05) is 102 Å². The van der Waals surface area contributed by atoms with Crippen molar-refractivity contribution in [1.29, 1.82) is 0 Å². The van der Waals surface area contributed by atoms with Crippen molar-refractivity contribution in [1.82, 2.24) is 0 Å². The Morgan fingerprint density at radius 1 is 0.742 bits per heavy atom. The summed E-state index contributed by atoms with van der Waals surface area (Å²) in [5.74, 6) is 0.0771. The topological polar surface area (TPSA) is 35.5 Å². The molecule has 3 heteroatoms. The molecule has 3 aromatic rings. The van der Waals surface area contributed by atoms with Gasteiger partial charge in [0.15, 0.2) is 5.75 Å². The smallest absolute Gasteiger partial charge is 0.287 e. The number of hydrogen-bond acceptors (Lipinski definition) is 3. The monoisotopic (exact) mass is 416 g/mol. The van der Waals surface area contributed by atoms with Gasteiger partial charge in [0.1, 0.15) is 0 Å². The van der Waals surface area contributed by atoms with Crippen molar-refractivity contribution in [2.45, 2.75) is 58.8 Å². The number of hydrogen-bond donors (Lipinski definition) is 0. The first-order valence-corrected chi connectivity index (χ1v) is 10.7. The molecule has 0 N–H and O–H groups in total. The summed E-state index contributed by atoms with van der Waals surface area (Å²) in [6, 6.07) is 23.9. The molecule has 0 bridgehead atoms. The molecule has 0 amide bonds. The molecule has 3 nitrogen and oxygen atoms in total. The lowest BCUT2D eigenvalue weighted by molar-refractivity contribution is -0.212. The van der Waals surface area contributed by atoms with E-state index in [-0.39, 0.29) is 17.3 Å². The Kier molecular flexibility index (Phi) is 6.54. The Balaban J connectivity index is 1.67. The lowest BCUT2D eigenvalue weighted by Gasteiger charge is -2.27. The normalized spacial score (nSPS) is 11.8. The molecule has 3 rings (SSSR count). The highest BCUT2D eigenvalue weighted by molar-refractivity contribution is 5.73. The van der Waals surface area contributed by atoms with Gasteiger partial charge < -0.3 is 0 Å². The summed E-state index contributed by atoms with van der Waals surface area (Å²) in [5.41, 5.74) is 5.55. The average Bonchev–Trinajstić information content (AvgIpc) is 2.72. The molecule has 0 aliphatic heterocycles. The second-order valence-electron chi connectivity index (χ2n) is 9.98. The summed E-state index contributed by atoms with van der Waals surface area (Å²) in [5, 5.41) is 0. The summed E-state index contributed by atoms with van der Waals surface area (Å²) in [4.78, 5) is 22.9. The lowest BCUT2D eigenvalue weighted by Crippen LogP contribution is -2.20. The predicted octanol–water partition coefficient (Wildman–Crippen LogP) is 7.03. The molecule has 0 radical (unpaired) electrons. The van der Waals surface area contributed by atoms with Crippen molar-refractivity contribution in [3.05, 3.63) is 89.5 Å². The molecule has 0 spiro atoms. The van der Waals surface area contributed by atoms with Gasteiger partial charge >= 0.3 is 5.97 Å². The van der Waals surface area contributed by atoms with Crippen molar-refractivity contribution in [3.8, 4) is 16.9 Å². The van der Waals surface area contributed by atoms with Crippen molar-refractivity contribution in [3.63, 3.8) is 0 Å². The van der Waals surface area contributed by atoms with E-state index in [0.717, 1.165) is 22.3 Å². The number of carbonyl (C=O) groups is 1. The molecule has 31 heavy (non-hydrogen) atoms. The van der Waals surface area contributed by atoms with Gasteiger partial charge in [0.05, 0.1) is 6.42 Å². The summed E-state index contributed by atoms with van der Waals surface area (Å²) in [7, 11) is 0. The van der Waals surface area contributed by atoms with E-state index in [1.54, 1.807) is 12.1 Å². The van der Waals surface area contributed by atoms with Crippen LogP contribution in [0.15, 0.2) is 72.8 Å². The Hall–Kier alpha value is -3.07. The van der Waals surface area contributed by atoms with Crippen LogP contribution in [0.25, 0.3) is 11.1 Å². The molecule has 0 aliphatic carbocycles. The Morgan fingerprint density at radius 2 is 1.35 bits per heavy atom. The van der Waals surface area contributed by atoms with E-state index in [1.165, 1.54) is 5.56 Å². The van der Waals surface area contributed by atoms with Crippen LogP contribution >= 0.6 is 0 Å². The van der Waals surface area contributed by atoms with E-state index in [2.05, 4.69) is 53.7 Å². The van der Waals surface area contributed by atoms with Gasteiger partial charge in [0.2, 0.25) is 0 Å². The third-order valence-corrected chi connectivity index (χ3v) is 5.31. The van der Waals surface area contributed by atoms with Crippen LogP contribution < -0.4 is 4.89 Å². The van der Waals surface area contributed by atoms with Crippen molar-refractivity contribution < 1.29 is 14.6 Å². The molecule has 0 atom stereocenters. The van der Waals surface area contributed by atoms with Gasteiger partial charge in [-0.3, -0.25) is 9.78 Å². The maximum atomic E-state index is 12.5. The third-order valence-electron chi connectivity index (χ3n) is 5.31. The highest BCUT2D eigenvalue weighted by Gasteiger charge is 2.23. The fourth-order valence-corrected chi connectivity index (χ4v) is 3.51. The Morgan fingerprint density at radius 3 is 1.94 bits per heavy atom. The van der Waals surface area contributed by atoms with Crippen molar-refractivity contribution in [2.75, 3.05) is 0 Å². The highest BCUT2D eigenvalue weighted by atomic mass is 17.2. The molecule has 0 heterocycles. The predicted molar refractivity (Wildman–Crippen MR) is 126 cm³/mol. The Labute approximate surface area is 186 Å². The number of rotatable bonds is 5. The summed E-state index contributed by atoms with van der Waals surface area (Å²) in [6.45, 7) is 13.1. The quantitative estimate of drug-likeness (QED) is 0.331. The maximum Gasteiger partial charge on any atom is 0.359 e. The molecule has 162 valence electrons. The highest BCUT2D eigenvalue weighted by Crippen LogP contribution is 2.32. The number of benzene rings is 3. The fourth-order valence-electron chi connectivity index (χ4n) is 3.51. The van der Waals surface area contributed by atoms with Gasteiger partial charge in [-0.25, -0.2) is 4.79 Å². The first-order valence-electron chi connectivity index (χ1n) is 10.7. The lowest BCUT2D eigenvalue weighted by atomic mass is 9.78. The van der Waals surface area contributed by atoms with Gasteiger partial charge in [-0.05, 0) is 50.8 Å². The van der Waals surface area contributed by atoms with Crippen LogP contribution in [0.2, 0.25) is 0 Å². The molecule has 0 saturated carbocycles. The number of carbonyl (C=O) groups excluding carboxylic acids is 1. The Bertz CT molecular complexity index is 1020. The van der Waals surface area contributed by atoms with Gasteiger partial charge in [-0.15, -0.1) is 0 Å². The second-order valence-corrected chi connectivity index (χ2v) is 9.98. The zero-order valence-electron chi connectivity index (χ0n) is 19.4.